The first-order valence-corrected chi connectivity index (χ1v) is 6.80. The van der Waals surface area contributed by atoms with Crippen LogP contribution in [0, 0.1) is 0 Å². The number of aryl methyl sites for hydroxylation is 1. The molecule has 0 aromatic heterocycles. The molecule has 1 aromatic rings. The largest absolute Gasteiger partial charge is 0.494 e. The van der Waals surface area contributed by atoms with Gasteiger partial charge in [0.2, 0.25) is 0 Å². The number of hydrogen-bond acceptors (Lipinski definition) is 2. The molecule has 0 aliphatic heterocycles. The molecule has 2 nitrogen and oxygen atoms in total. The molecule has 2 heteroatoms. The molecule has 0 aliphatic carbocycles. The first-order chi connectivity index (χ1) is 8.38. The van der Waals surface area contributed by atoms with E-state index in [0.717, 1.165) is 31.9 Å². The minimum Gasteiger partial charge on any atom is -0.494 e. The van der Waals surface area contributed by atoms with Gasteiger partial charge in [0.05, 0.1) is 6.61 Å². The standard InChI is InChI=1S/C15H25NO/c1-3-5-12-16-13-8-10-14-9-6-7-11-15(14)17-4-2/h6-7,9,11,16H,3-5,8,10,12-13H2,1-2H3. The van der Waals surface area contributed by atoms with E-state index < -0.39 is 0 Å². The van der Waals surface area contributed by atoms with Crippen molar-refractivity contribution in [3.63, 3.8) is 0 Å². The summed E-state index contributed by atoms with van der Waals surface area (Å²) >= 11 is 0. The zero-order valence-electron chi connectivity index (χ0n) is 11.2. The number of ether oxygens (including phenoxy) is 1. The predicted molar refractivity (Wildman–Crippen MR) is 73.7 cm³/mol. The Bertz CT molecular complexity index is 299. The van der Waals surface area contributed by atoms with Crippen LogP contribution < -0.4 is 10.1 Å². The van der Waals surface area contributed by atoms with Crippen LogP contribution in [0.4, 0.5) is 0 Å². The predicted octanol–water partition coefficient (Wildman–Crippen LogP) is 3.41. The minimum atomic E-state index is 0.742. The summed E-state index contributed by atoms with van der Waals surface area (Å²) in [4.78, 5) is 0. The fourth-order valence-electron chi connectivity index (χ4n) is 1.84. The van der Waals surface area contributed by atoms with Crippen LogP contribution in [0.5, 0.6) is 5.75 Å². The van der Waals surface area contributed by atoms with Crippen LogP contribution in [0.2, 0.25) is 0 Å². The van der Waals surface area contributed by atoms with Crippen LogP contribution in [-0.2, 0) is 6.42 Å². The van der Waals surface area contributed by atoms with Gasteiger partial charge in [-0.15, -0.1) is 0 Å². The molecular weight excluding hydrogens is 210 g/mol. The number of benzene rings is 1. The van der Waals surface area contributed by atoms with Crippen molar-refractivity contribution in [1.82, 2.24) is 5.32 Å². The van der Waals surface area contributed by atoms with Crippen molar-refractivity contribution in [3.8, 4) is 5.75 Å². The van der Waals surface area contributed by atoms with E-state index in [9.17, 15) is 0 Å². The molecule has 96 valence electrons. The zero-order valence-corrected chi connectivity index (χ0v) is 11.2. The minimum absolute atomic E-state index is 0.742. The molecule has 0 saturated carbocycles. The van der Waals surface area contributed by atoms with Gasteiger partial charge in [-0.25, -0.2) is 0 Å². The lowest BCUT2D eigenvalue weighted by atomic mass is 10.1. The normalized spacial score (nSPS) is 10.5. The van der Waals surface area contributed by atoms with Gasteiger partial charge in [0, 0.05) is 0 Å². The maximum atomic E-state index is 5.61. The van der Waals surface area contributed by atoms with Gasteiger partial charge in [0.1, 0.15) is 5.75 Å². The summed E-state index contributed by atoms with van der Waals surface area (Å²) in [6.45, 7) is 7.24. The molecular formula is C15H25NO. The van der Waals surface area contributed by atoms with Crippen LogP contribution in [0.25, 0.3) is 0 Å². The Kier molecular flexibility index (Phi) is 7.48. The first-order valence-electron chi connectivity index (χ1n) is 6.80. The van der Waals surface area contributed by atoms with Crippen molar-refractivity contribution in [2.24, 2.45) is 0 Å². The second kappa shape index (κ2) is 9.06. The Balaban J connectivity index is 2.25. The highest BCUT2D eigenvalue weighted by atomic mass is 16.5. The second-order valence-electron chi connectivity index (χ2n) is 4.25. The first kappa shape index (κ1) is 14.0. The Morgan fingerprint density at radius 2 is 1.82 bits per heavy atom. The fraction of sp³-hybridized carbons (Fsp3) is 0.600. The Morgan fingerprint density at radius 3 is 2.59 bits per heavy atom. The average molecular weight is 235 g/mol. The third kappa shape index (κ3) is 5.73. The Labute approximate surface area is 105 Å². The molecule has 0 bridgehead atoms. The van der Waals surface area contributed by atoms with E-state index in [4.69, 9.17) is 4.74 Å². The lowest BCUT2D eigenvalue weighted by Crippen LogP contribution is -2.17. The molecule has 0 aliphatic rings. The molecule has 1 aromatic carbocycles. The molecule has 0 heterocycles. The molecule has 1 rings (SSSR count). The summed E-state index contributed by atoms with van der Waals surface area (Å²) < 4.78 is 5.61. The summed E-state index contributed by atoms with van der Waals surface area (Å²) in [7, 11) is 0. The maximum absolute atomic E-state index is 5.61. The van der Waals surface area contributed by atoms with E-state index in [1.165, 1.54) is 24.8 Å². The molecule has 0 fully saturated rings. The van der Waals surface area contributed by atoms with Gasteiger partial charge in [-0.05, 0) is 50.9 Å². The summed E-state index contributed by atoms with van der Waals surface area (Å²) in [6.07, 6.45) is 4.80. The van der Waals surface area contributed by atoms with Gasteiger partial charge >= 0.3 is 0 Å². The number of para-hydroxylation sites is 1. The van der Waals surface area contributed by atoms with E-state index in [1.54, 1.807) is 0 Å². The number of nitrogens with one attached hydrogen (secondary N) is 1. The van der Waals surface area contributed by atoms with E-state index in [1.807, 2.05) is 13.0 Å². The van der Waals surface area contributed by atoms with E-state index in [-0.39, 0.29) is 0 Å². The zero-order chi connectivity index (χ0) is 12.3. The Morgan fingerprint density at radius 1 is 1.06 bits per heavy atom. The lowest BCUT2D eigenvalue weighted by Gasteiger charge is -2.10. The highest BCUT2D eigenvalue weighted by Gasteiger charge is 2.01. The van der Waals surface area contributed by atoms with Gasteiger partial charge in [0.25, 0.3) is 0 Å². The van der Waals surface area contributed by atoms with Crippen LogP contribution >= 0.6 is 0 Å². The molecule has 0 atom stereocenters. The molecule has 0 amide bonds. The van der Waals surface area contributed by atoms with Crippen molar-refractivity contribution in [3.05, 3.63) is 29.8 Å². The van der Waals surface area contributed by atoms with Gasteiger partial charge in [-0.3, -0.25) is 0 Å². The molecule has 0 radical (unpaired) electrons. The van der Waals surface area contributed by atoms with Crippen LogP contribution in [0.3, 0.4) is 0 Å². The number of hydrogen-bond donors (Lipinski definition) is 1. The average Bonchev–Trinajstić information content (AvgIpc) is 2.36. The van der Waals surface area contributed by atoms with Gasteiger partial charge in [0.15, 0.2) is 0 Å². The molecule has 1 N–H and O–H groups in total. The van der Waals surface area contributed by atoms with Crippen LogP contribution in [-0.4, -0.2) is 19.7 Å². The van der Waals surface area contributed by atoms with E-state index >= 15 is 0 Å². The van der Waals surface area contributed by atoms with Crippen molar-refractivity contribution < 1.29 is 4.74 Å². The number of unbranched alkanes of at least 4 members (excludes halogenated alkanes) is 1. The third-order valence-electron chi connectivity index (χ3n) is 2.78. The fourth-order valence-corrected chi connectivity index (χ4v) is 1.84. The Hall–Kier alpha value is -1.02. The summed E-state index contributed by atoms with van der Waals surface area (Å²) in [6, 6.07) is 8.34. The lowest BCUT2D eigenvalue weighted by molar-refractivity contribution is 0.336. The third-order valence-corrected chi connectivity index (χ3v) is 2.78. The SMILES string of the molecule is CCCCNCCCc1ccccc1OCC. The van der Waals surface area contributed by atoms with E-state index in [2.05, 4.69) is 30.4 Å². The van der Waals surface area contributed by atoms with Crippen molar-refractivity contribution >= 4 is 0 Å². The second-order valence-corrected chi connectivity index (χ2v) is 4.25. The highest BCUT2D eigenvalue weighted by molar-refractivity contribution is 5.33. The number of rotatable bonds is 9. The quantitative estimate of drug-likeness (QED) is 0.662. The van der Waals surface area contributed by atoms with Crippen LogP contribution in [0.15, 0.2) is 24.3 Å². The van der Waals surface area contributed by atoms with Gasteiger partial charge < -0.3 is 10.1 Å². The van der Waals surface area contributed by atoms with Crippen molar-refractivity contribution in [1.29, 1.82) is 0 Å². The van der Waals surface area contributed by atoms with Gasteiger partial charge in [-0.2, -0.15) is 0 Å². The highest BCUT2D eigenvalue weighted by Crippen LogP contribution is 2.19. The summed E-state index contributed by atoms with van der Waals surface area (Å²) in [5.74, 6) is 1.04. The molecule has 17 heavy (non-hydrogen) atoms. The van der Waals surface area contributed by atoms with Crippen LogP contribution in [0.1, 0.15) is 38.7 Å². The monoisotopic (exact) mass is 235 g/mol. The molecule has 0 unspecified atom stereocenters. The topological polar surface area (TPSA) is 21.3 Å². The summed E-state index contributed by atoms with van der Waals surface area (Å²) in [5.41, 5.74) is 1.33. The summed E-state index contributed by atoms with van der Waals surface area (Å²) in [5, 5.41) is 3.47. The molecule has 0 saturated heterocycles. The van der Waals surface area contributed by atoms with Gasteiger partial charge in [-0.1, -0.05) is 31.5 Å². The van der Waals surface area contributed by atoms with Crippen molar-refractivity contribution in [2.45, 2.75) is 39.5 Å². The maximum Gasteiger partial charge on any atom is 0.122 e. The smallest absolute Gasteiger partial charge is 0.122 e. The molecule has 0 spiro atoms. The van der Waals surface area contributed by atoms with Crippen molar-refractivity contribution in [2.75, 3.05) is 19.7 Å². The van der Waals surface area contributed by atoms with E-state index in [0.29, 0.717) is 0 Å².